The van der Waals surface area contributed by atoms with Crippen LogP contribution < -0.4 is 0 Å². The Kier molecular flexibility index (Phi) is 5.68. The topological polar surface area (TPSA) is 69.3 Å². The second kappa shape index (κ2) is 7.80. The van der Waals surface area contributed by atoms with Gasteiger partial charge in [-0.15, -0.1) is 0 Å². The molecule has 2 heterocycles. The van der Waals surface area contributed by atoms with Crippen LogP contribution in [0, 0.1) is 25.7 Å². The molecule has 1 saturated carbocycles. The molecule has 6 heteroatoms. The summed E-state index contributed by atoms with van der Waals surface area (Å²) in [5, 5.41) is 7.28. The van der Waals surface area contributed by atoms with E-state index >= 15 is 0 Å². The quantitative estimate of drug-likeness (QED) is 0.847. The summed E-state index contributed by atoms with van der Waals surface area (Å²) in [4.78, 5) is 29.5. The highest BCUT2D eigenvalue weighted by Crippen LogP contribution is 2.32. The van der Waals surface area contributed by atoms with Crippen molar-refractivity contribution in [3.05, 3.63) is 17.0 Å². The molecule has 1 saturated heterocycles. The first-order valence-corrected chi connectivity index (χ1v) is 9.94. The number of aryl methyl sites for hydroxylation is 2. The van der Waals surface area contributed by atoms with E-state index in [1.807, 2.05) is 18.7 Å². The molecule has 1 atom stereocenters. The summed E-state index contributed by atoms with van der Waals surface area (Å²) >= 11 is 0. The van der Waals surface area contributed by atoms with Crippen molar-refractivity contribution in [2.24, 2.45) is 11.8 Å². The summed E-state index contributed by atoms with van der Waals surface area (Å²) in [5.41, 5.74) is 3.17. The Labute approximate surface area is 156 Å². The molecule has 2 amide bonds. The van der Waals surface area contributed by atoms with Crippen LogP contribution in [0.2, 0.25) is 0 Å². The van der Waals surface area contributed by atoms with Crippen molar-refractivity contribution in [2.45, 2.75) is 65.8 Å². The molecule has 1 unspecified atom stereocenters. The Hall–Kier alpha value is -1.85. The molecule has 0 spiro atoms. The van der Waals surface area contributed by atoms with Gasteiger partial charge in [0.2, 0.25) is 11.8 Å². The van der Waals surface area contributed by atoms with Crippen molar-refractivity contribution in [1.82, 2.24) is 20.0 Å². The number of aromatic amines is 1. The molecule has 144 valence electrons. The molecule has 2 aliphatic rings. The first kappa shape index (κ1) is 18.9. The highest BCUT2D eigenvalue weighted by molar-refractivity contribution is 5.80. The second-order valence-electron chi connectivity index (χ2n) is 8.31. The van der Waals surface area contributed by atoms with Gasteiger partial charge in [0.25, 0.3) is 0 Å². The van der Waals surface area contributed by atoms with Crippen LogP contribution >= 0.6 is 0 Å². The molecule has 1 aromatic rings. The number of aromatic nitrogens is 2. The lowest BCUT2D eigenvalue weighted by molar-refractivity contribution is -0.134. The minimum absolute atomic E-state index is 0.129. The molecule has 1 aliphatic carbocycles. The zero-order chi connectivity index (χ0) is 18.8. The van der Waals surface area contributed by atoms with Gasteiger partial charge in [-0.05, 0) is 44.1 Å². The van der Waals surface area contributed by atoms with Crippen LogP contribution in [0.1, 0.15) is 56.5 Å². The predicted molar refractivity (Wildman–Crippen MR) is 101 cm³/mol. The summed E-state index contributed by atoms with van der Waals surface area (Å²) in [6.45, 7) is 10.4. The Morgan fingerprint density at radius 2 is 2.04 bits per heavy atom. The third-order valence-corrected chi connectivity index (χ3v) is 5.93. The first-order chi connectivity index (χ1) is 12.4. The van der Waals surface area contributed by atoms with Crippen molar-refractivity contribution >= 4 is 11.8 Å². The van der Waals surface area contributed by atoms with Crippen LogP contribution in [0.15, 0.2) is 0 Å². The molecule has 0 radical (unpaired) electrons. The number of rotatable bonds is 6. The highest BCUT2D eigenvalue weighted by Gasteiger charge is 2.36. The highest BCUT2D eigenvalue weighted by atomic mass is 16.2. The maximum Gasteiger partial charge on any atom is 0.224 e. The van der Waals surface area contributed by atoms with Gasteiger partial charge in [0.15, 0.2) is 0 Å². The van der Waals surface area contributed by atoms with E-state index in [9.17, 15) is 9.59 Å². The average Bonchev–Trinajstić information content (AvgIpc) is 3.38. The largest absolute Gasteiger partial charge is 0.340 e. The number of carbonyl (C=O) groups is 2. The van der Waals surface area contributed by atoms with Gasteiger partial charge in [0.1, 0.15) is 0 Å². The lowest BCUT2D eigenvalue weighted by Crippen LogP contribution is -2.48. The van der Waals surface area contributed by atoms with E-state index in [2.05, 4.69) is 28.9 Å². The van der Waals surface area contributed by atoms with E-state index in [0.717, 1.165) is 23.5 Å². The van der Waals surface area contributed by atoms with Crippen molar-refractivity contribution in [2.75, 3.05) is 19.6 Å². The number of nitrogens with one attached hydrogen (secondary N) is 1. The predicted octanol–water partition coefficient (Wildman–Crippen LogP) is 2.45. The van der Waals surface area contributed by atoms with Crippen LogP contribution in [0.3, 0.4) is 0 Å². The summed E-state index contributed by atoms with van der Waals surface area (Å²) in [5.74, 6) is 1.37. The van der Waals surface area contributed by atoms with E-state index in [1.54, 1.807) is 0 Å². The lowest BCUT2D eigenvalue weighted by Gasteiger charge is -2.34. The number of hydrogen-bond acceptors (Lipinski definition) is 3. The standard InChI is InChI=1S/C20H32N4O2/c1-13(2)18-12-23(10-9-20(26)24(18)11-16-5-6-16)19(25)8-7-17-14(3)15(4)21-22-17/h13,16,18H,5-12H2,1-4H3,(H,21,22). The summed E-state index contributed by atoms with van der Waals surface area (Å²) in [6, 6.07) is 0.129. The number of H-pyrrole nitrogens is 1. The second-order valence-corrected chi connectivity index (χ2v) is 8.31. The van der Waals surface area contributed by atoms with Crippen molar-refractivity contribution in [3.63, 3.8) is 0 Å². The van der Waals surface area contributed by atoms with Crippen LogP contribution in [-0.2, 0) is 16.0 Å². The first-order valence-electron chi connectivity index (χ1n) is 9.94. The van der Waals surface area contributed by atoms with Gasteiger partial charge < -0.3 is 9.80 Å². The zero-order valence-corrected chi connectivity index (χ0v) is 16.5. The van der Waals surface area contributed by atoms with Crippen LogP contribution in [0.4, 0.5) is 0 Å². The van der Waals surface area contributed by atoms with E-state index in [4.69, 9.17) is 0 Å². The van der Waals surface area contributed by atoms with Crippen LogP contribution in [0.25, 0.3) is 0 Å². The summed E-state index contributed by atoms with van der Waals surface area (Å²) in [6.07, 6.45) is 4.02. The van der Waals surface area contributed by atoms with Crippen molar-refractivity contribution < 1.29 is 9.59 Å². The molecular weight excluding hydrogens is 328 g/mol. The molecular formula is C20H32N4O2. The molecule has 0 bridgehead atoms. The third kappa shape index (κ3) is 4.27. The summed E-state index contributed by atoms with van der Waals surface area (Å²) < 4.78 is 0. The molecule has 2 fully saturated rings. The Morgan fingerprint density at radius 1 is 1.31 bits per heavy atom. The van der Waals surface area contributed by atoms with Gasteiger partial charge in [0, 0.05) is 44.6 Å². The molecule has 3 rings (SSSR count). The van der Waals surface area contributed by atoms with Gasteiger partial charge in [-0.1, -0.05) is 13.8 Å². The van der Waals surface area contributed by atoms with E-state index in [0.29, 0.717) is 44.2 Å². The lowest BCUT2D eigenvalue weighted by atomic mass is 10.0. The van der Waals surface area contributed by atoms with E-state index < -0.39 is 0 Å². The fourth-order valence-corrected chi connectivity index (χ4v) is 3.75. The third-order valence-electron chi connectivity index (χ3n) is 5.93. The molecule has 1 N–H and O–H groups in total. The zero-order valence-electron chi connectivity index (χ0n) is 16.5. The number of nitrogens with zero attached hydrogens (tertiary/aromatic N) is 3. The average molecular weight is 361 g/mol. The van der Waals surface area contributed by atoms with E-state index in [1.165, 1.54) is 12.8 Å². The summed E-state index contributed by atoms with van der Waals surface area (Å²) in [7, 11) is 0. The minimum Gasteiger partial charge on any atom is -0.340 e. The maximum atomic E-state index is 12.8. The SMILES string of the molecule is Cc1[nH]nc(CCC(=O)N2CCC(=O)N(CC3CC3)C(C(C)C)C2)c1C. The van der Waals surface area contributed by atoms with Gasteiger partial charge in [0.05, 0.1) is 11.7 Å². The Balaban J connectivity index is 1.64. The Morgan fingerprint density at radius 3 is 2.62 bits per heavy atom. The van der Waals surface area contributed by atoms with Gasteiger partial charge >= 0.3 is 0 Å². The van der Waals surface area contributed by atoms with Gasteiger partial charge in [-0.2, -0.15) is 5.10 Å². The normalized spacial score (nSPS) is 21.4. The number of carbonyl (C=O) groups excluding carboxylic acids is 2. The van der Waals surface area contributed by atoms with Crippen molar-refractivity contribution in [1.29, 1.82) is 0 Å². The molecule has 1 aliphatic heterocycles. The smallest absolute Gasteiger partial charge is 0.224 e. The van der Waals surface area contributed by atoms with Crippen molar-refractivity contribution in [3.8, 4) is 0 Å². The minimum atomic E-state index is 0.129. The van der Waals surface area contributed by atoms with Crippen LogP contribution in [0.5, 0.6) is 0 Å². The molecule has 6 nitrogen and oxygen atoms in total. The van der Waals surface area contributed by atoms with Gasteiger partial charge in [-0.3, -0.25) is 14.7 Å². The fraction of sp³-hybridized carbons (Fsp3) is 0.750. The monoisotopic (exact) mass is 360 g/mol. The number of hydrogen-bond donors (Lipinski definition) is 1. The molecule has 1 aromatic heterocycles. The van der Waals surface area contributed by atoms with E-state index in [-0.39, 0.29) is 17.9 Å². The fourth-order valence-electron chi connectivity index (χ4n) is 3.75. The van der Waals surface area contributed by atoms with Gasteiger partial charge in [-0.25, -0.2) is 0 Å². The Bertz CT molecular complexity index is 663. The number of amides is 2. The molecule has 0 aromatic carbocycles. The van der Waals surface area contributed by atoms with Crippen LogP contribution in [-0.4, -0.2) is 57.5 Å². The maximum absolute atomic E-state index is 12.8. The molecule has 26 heavy (non-hydrogen) atoms.